The number of halogens is 1. The third-order valence-electron chi connectivity index (χ3n) is 8.01. The Bertz CT molecular complexity index is 1670. The highest BCUT2D eigenvalue weighted by molar-refractivity contribution is 7.90. The van der Waals surface area contributed by atoms with E-state index in [1.54, 1.807) is 36.5 Å². The maximum Gasteiger partial charge on any atom is 0.240 e. The monoisotopic (exact) mass is 638 g/mol. The number of sulfone groups is 1. The Morgan fingerprint density at radius 2 is 1.64 bits per heavy atom. The molecule has 2 heterocycles. The molecule has 14 heteroatoms. The number of amides is 2. The van der Waals surface area contributed by atoms with E-state index in [1.165, 1.54) is 11.1 Å². The van der Waals surface area contributed by atoms with Crippen LogP contribution in [0.4, 0.5) is 5.69 Å². The number of hydrogen-bond donors (Lipinski definition) is 3. The normalized spacial score (nSPS) is 17.3. The summed E-state index contributed by atoms with van der Waals surface area (Å²) in [5, 5.41) is 14.0. The van der Waals surface area contributed by atoms with Gasteiger partial charge in [-0.15, -0.1) is 22.6 Å². The first-order valence-electron chi connectivity index (χ1n) is 14.0. The van der Waals surface area contributed by atoms with E-state index >= 15 is 0 Å². The van der Waals surface area contributed by atoms with Crippen molar-refractivity contribution in [2.75, 3.05) is 17.7 Å². The lowest BCUT2D eigenvalue weighted by Gasteiger charge is -2.35. The number of carbonyl (C=O) groups is 2. The van der Waals surface area contributed by atoms with Gasteiger partial charge < -0.3 is 11.5 Å². The molecule has 4 aromatic rings. The summed E-state index contributed by atoms with van der Waals surface area (Å²) in [6.45, 7) is 0.594. The van der Waals surface area contributed by atoms with Gasteiger partial charge in [0.2, 0.25) is 17.6 Å². The molecule has 1 fully saturated rings. The van der Waals surface area contributed by atoms with Crippen molar-refractivity contribution >= 4 is 39.7 Å². The quantitative estimate of drug-likeness (QED) is 0.234. The molecule has 5 N–H and O–H groups in total. The zero-order valence-corrected chi connectivity index (χ0v) is 25.8. The molecular weight excluding hydrogens is 604 g/mol. The van der Waals surface area contributed by atoms with Crippen LogP contribution < -0.4 is 16.4 Å². The molecule has 12 nitrogen and oxygen atoms in total. The summed E-state index contributed by atoms with van der Waals surface area (Å²) in [6, 6.07) is 15.0. The summed E-state index contributed by atoms with van der Waals surface area (Å²) >= 11 is 0. The van der Waals surface area contributed by atoms with E-state index in [4.69, 9.17) is 11.5 Å². The van der Waals surface area contributed by atoms with Crippen LogP contribution in [0.5, 0.6) is 0 Å². The highest BCUT2D eigenvalue weighted by atomic mass is 35.5. The molecule has 2 aromatic carbocycles. The predicted octanol–water partition coefficient (Wildman–Crippen LogP) is 2.95. The number of primary amides is 1. The fraction of sp³-hybridized carbons (Fsp3) is 0.333. The van der Waals surface area contributed by atoms with Gasteiger partial charge in [0, 0.05) is 47.8 Å². The summed E-state index contributed by atoms with van der Waals surface area (Å²) in [5.41, 5.74) is 15.3. The lowest BCUT2D eigenvalue weighted by Crippen LogP contribution is -2.52. The standard InChI is InChI=1S/C30H34N8O4S.ClH/c1-43(41,42)26-15-24(17-33-18-26)21-6-2-19(3-7-21)14-27(28(32)39)38(30(40)23-8-4-20(16-31)5-9-23)25-12-10-22(11-13-25)29-34-36-37-35-29;/h2-3,6-7,10-13,15,17-18,20,23,27H,4-5,8-9,14,16,31H2,1H3,(H2,32,39)(H,34,35,36,37);1H/t20-,23-,27-;/m0./s1. The first-order chi connectivity index (χ1) is 20.6. The number of rotatable bonds is 10. The van der Waals surface area contributed by atoms with E-state index in [2.05, 4.69) is 25.6 Å². The minimum absolute atomic E-state index is 0. The van der Waals surface area contributed by atoms with Gasteiger partial charge in [-0.3, -0.25) is 19.5 Å². The van der Waals surface area contributed by atoms with E-state index in [-0.39, 0.29) is 35.5 Å². The van der Waals surface area contributed by atoms with Gasteiger partial charge in [0.25, 0.3) is 0 Å². The smallest absolute Gasteiger partial charge is 0.240 e. The predicted molar refractivity (Wildman–Crippen MR) is 168 cm³/mol. The van der Waals surface area contributed by atoms with E-state index in [1.807, 2.05) is 24.3 Å². The molecule has 2 amide bonds. The van der Waals surface area contributed by atoms with Crippen molar-refractivity contribution in [1.82, 2.24) is 25.6 Å². The molecule has 0 radical (unpaired) electrons. The molecule has 44 heavy (non-hydrogen) atoms. The molecule has 1 atom stereocenters. The van der Waals surface area contributed by atoms with E-state index < -0.39 is 21.8 Å². The summed E-state index contributed by atoms with van der Waals surface area (Å²) in [5.74, 6) is -0.218. The van der Waals surface area contributed by atoms with Crippen molar-refractivity contribution in [3.8, 4) is 22.5 Å². The van der Waals surface area contributed by atoms with Crippen molar-refractivity contribution in [3.63, 3.8) is 0 Å². The average molecular weight is 639 g/mol. The molecular formula is C30H35ClN8O4S. The van der Waals surface area contributed by atoms with Crippen LogP contribution >= 0.6 is 12.4 Å². The third-order valence-corrected chi connectivity index (χ3v) is 9.09. The summed E-state index contributed by atoms with van der Waals surface area (Å²) in [6.07, 6.45) is 7.33. The van der Waals surface area contributed by atoms with Gasteiger partial charge in [0.1, 0.15) is 6.04 Å². The van der Waals surface area contributed by atoms with Gasteiger partial charge >= 0.3 is 0 Å². The zero-order chi connectivity index (χ0) is 30.6. The van der Waals surface area contributed by atoms with E-state index in [0.29, 0.717) is 47.9 Å². The molecule has 1 aliphatic carbocycles. The largest absolute Gasteiger partial charge is 0.368 e. The molecule has 0 bridgehead atoms. The first kappa shape index (κ1) is 32.7. The molecule has 232 valence electrons. The van der Waals surface area contributed by atoms with Gasteiger partial charge in [0.05, 0.1) is 4.90 Å². The fourth-order valence-electron chi connectivity index (χ4n) is 5.51. The number of hydrogen-bond acceptors (Lipinski definition) is 9. The second-order valence-corrected chi connectivity index (χ2v) is 13.0. The Labute approximate surface area is 262 Å². The number of anilines is 1. The van der Waals surface area contributed by atoms with Crippen molar-refractivity contribution in [1.29, 1.82) is 0 Å². The van der Waals surface area contributed by atoms with E-state index in [9.17, 15) is 18.0 Å². The third kappa shape index (κ3) is 7.47. The molecule has 0 spiro atoms. The van der Waals surface area contributed by atoms with E-state index in [0.717, 1.165) is 30.2 Å². The van der Waals surface area contributed by atoms with Gasteiger partial charge in [-0.1, -0.05) is 24.3 Å². The molecule has 0 aliphatic heterocycles. The SMILES string of the molecule is CS(=O)(=O)c1cncc(-c2ccc(C[C@@H](C(N)=O)N(c3ccc(-c4nn[nH]n4)cc3)C(=O)[C@H]3CC[C@H](CN)CC3)cc2)c1.Cl. The van der Waals surface area contributed by atoms with Crippen molar-refractivity contribution in [3.05, 3.63) is 72.6 Å². The Kier molecular flexibility index (Phi) is 10.4. The molecule has 5 rings (SSSR count). The van der Waals surface area contributed by atoms with Gasteiger partial charge in [-0.2, -0.15) is 5.21 Å². The van der Waals surface area contributed by atoms with Crippen LogP contribution in [0.2, 0.25) is 0 Å². The maximum absolute atomic E-state index is 14.1. The second-order valence-electron chi connectivity index (χ2n) is 10.9. The van der Waals surface area contributed by atoms with Crippen LogP contribution in [0, 0.1) is 11.8 Å². The summed E-state index contributed by atoms with van der Waals surface area (Å²) < 4.78 is 24.0. The zero-order valence-electron chi connectivity index (χ0n) is 24.2. The van der Waals surface area contributed by atoms with Crippen molar-refractivity contribution in [2.45, 2.75) is 43.0 Å². The van der Waals surface area contributed by atoms with Crippen LogP contribution in [0.1, 0.15) is 31.2 Å². The minimum Gasteiger partial charge on any atom is -0.368 e. The first-order valence-corrected chi connectivity index (χ1v) is 15.9. The van der Waals surface area contributed by atoms with Crippen LogP contribution in [0.25, 0.3) is 22.5 Å². The number of tetrazole rings is 1. The number of H-pyrrole nitrogens is 1. The van der Waals surface area contributed by atoms with Gasteiger partial charge in [0.15, 0.2) is 9.84 Å². The molecule has 0 unspecified atom stereocenters. The van der Waals surface area contributed by atoms with Crippen LogP contribution in [0.3, 0.4) is 0 Å². The number of pyridine rings is 1. The fourth-order valence-corrected chi connectivity index (χ4v) is 6.11. The Morgan fingerprint density at radius 1 is 0.977 bits per heavy atom. The van der Waals surface area contributed by atoms with Crippen LogP contribution in [-0.4, -0.2) is 64.7 Å². The number of nitrogens with one attached hydrogen (secondary N) is 1. The molecule has 1 saturated carbocycles. The Morgan fingerprint density at radius 3 is 2.20 bits per heavy atom. The minimum atomic E-state index is -3.41. The molecule has 2 aromatic heterocycles. The molecule has 1 aliphatic rings. The number of nitrogens with two attached hydrogens (primary N) is 2. The number of nitrogens with zero attached hydrogens (tertiary/aromatic N) is 5. The van der Waals surface area contributed by atoms with Crippen LogP contribution in [-0.2, 0) is 25.8 Å². The lowest BCUT2D eigenvalue weighted by atomic mass is 9.81. The average Bonchev–Trinajstić information content (AvgIpc) is 3.56. The van der Waals surface area contributed by atoms with Gasteiger partial charge in [-0.05, 0) is 84.8 Å². The lowest BCUT2D eigenvalue weighted by molar-refractivity contribution is -0.127. The Balaban J connectivity index is 0.00000442. The number of benzene rings is 2. The van der Waals surface area contributed by atoms with Crippen LogP contribution in [0.15, 0.2) is 71.9 Å². The highest BCUT2D eigenvalue weighted by Crippen LogP contribution is 2.33. The second kappa shape index (κ2) is 14.1. The summed E-state index contributed by atoms with van der Waals surface area (Å²) in [4.78, 5) is 32.8. The number of aromatic nitrogens is 5. The van der Waals surface area contributed by atoms with Crippen molar-refractivity contribution < 1.29 is 18.0 Å². The number of aromatic amines is 1. The van der Waals surface area contributed by atoms with Crippen molar-refractivity contribution in [2.24, 2.45) is 23.3 Å². The Hall–Kier alpha value is -4.20. The highest BCUT2D eigenvalue weighted by Gasteiger charge is 2.36. The summed E-state index contributed by atoms with van der Waals surface area (Å²) in [7, 11) is -3.41. The molecule has 0 saturated heterocycles. The maximum atomic E-state index is 14.1. The topological polar surface area (TPSA) is 191 Å². The number of carbonyl (C=O) groups excluding carboxylic acids is 2. The van der Waals surface area contributed by atoms with Gasteiger partial charge in [-0.25, -0.2) is 8.42 Å².